The van der Waals surface area contributed by atoms with Gasteiger partial charge in [0.1, 0.15) is 0 Å². The van der Waals surface area contributed by atoms with Gasteiger partial charge in [-0.3, -0.25) is 9.89 Å². The molecule has 0 aliphatic carbocycles. The molecule has 0 aromatic carbocycles. The number of hydrogen-bond donors (Lipinski definition) is 1. The quantitative estimate of drug-likeness (QED) is 0.376. The number of nitrogens with zero attached hydrogens (tertiary/aromatic N) is 2. The Hall–Kier alpha value is -0.570. The zero-order valence-corrected chi connectivity index (χ0v) is 4.76. The van der Waals surface area contributed by atoms with E-state index >= 15 is 0 Å². The topological polar surface area (TPSA) is 41.6 Å². The first kappa shape index (κ1) is 6.43. The molecule has 0 unspecified atom stereocenters. The molecule has 7 heavy (non-hydrogen) atoms. The maximum atomic E-state index is 4.96. The van der Waals surface area contributed by atoms with E-state index in [0.29, 0.717) is 6.67 Å². The molecule has 0 fully saturated rings. The molecular weight excluding hydrogens is 90.1 g/mol. The molecule has 3 heteroatoms. The van der Waals surface area contributed by atoms with Crippen molar-refractivity contribution in [1.82, 2.24) is 4.90 Å². The molecule has 0 aromatic heterocycles. The van der Waals surface area contributed by atoms with E-state index in [4.69, 9.17) is 5.73 Å². The van der Waals surface area contributed by atoms with Gasteiger partial charge < -0.3 is 5.73 Å². The average Bonchev–Trinajstić information content (AvgIpc) is 1.61. The SMILES string of the molecule is CN(C)C/N=C\N. The summed E-state index contributed by atoms with van der Waals surface area (Å²) in [6.45, 7) is 0.677. The molecule has 0 heterocycles. The number of nitrogens with two attached hydrogens (primary N) is 1. The number of aliphatic imine (C=N–C) groups is 1. The Bertz CT molecular complexity index is 58.0. The van der Waals surface area contributed by atoms with Crippen molar-refractivity contribution in [3.8, 4) is 0 Å². The van der Waals surface area contributed by atoms with Crippen molar-refractivity contribution in [3.05, 3.63) is 0 Å². The molecule has 0 aliphatic rings. The van der Waals surface area contributed by atoms with E-state index in [0.717, 1.165) is 0 Å². The number of hydrogen-bond acceptors (Lipinski definition) is 2. The van der Waals surface area contributed by atoms with Crippen LogP contribution in [0.25, 0.3) is 0 Å². The summed E-state index contributed by atoms with van der Waals surface area (Å²) in [7, 11) is 3.88. The highest BCUT2D eigenvalue weighted by Crippen LogP contribution is 1.69. The van der Waals surface area contributed by atoms with Crippen LogP contribution in [0, 0.1) is 0 Å². The van der Waals surface area contributed by atoms with Gasteiger partial charge in [0.2, 0.25) is 0 Å². The minimum atomic E-state index is 0.677. The van der Waals surface area contributed by atoms with Crippen molar-refractivity contribution in [3.63, 3.8) is 0 Å². The van der Waals surface area contributed by atoms with Crippen LogP contribution in [0.3, 0.4) is 0 Å². The van der Waals surface area contributed by atoms with Crippen LogP contribution in [-0.4, -0.2) is 32.0 Å². The molecule has 0 bridgehead atoms. The van der Waals surface area contributed by atoms with E-state index < -0.39 is 0 Å². The predicted molar refractivity (Wildman–Crippen MR) is 31.2 cm³/mol. The van der Waals surface area contributed by atoms with Gasteiger partial charge in [-0.2, -0.15) is 0 Å². The lowest BCUT2D eigenvalue weighted by atomic mass is 10.9. The fourth-order valence-corrected chi connectivity index (χ4v) is 0.210. The first-order valence-corrected chi connectivity index (χ1v) is 2.12. The molecular formula is C4H11N3. The summed E-state index contributed by atoms with van der Waals surface area (Å²) in [5, 5.41) is 0. The van der Waals surface area contributed by atoms with Crippen LogP contribution >= 0.6 is 0 Å². The third kappa shape index (κ3) is 5.43. The normalized spacial score (nSPS) is 11.3. The second-order valence-electron chi connectivity index (χ2n) is 1.55. The molecule has 0 radical (unpaired) electrons. The van der Waals surface area contributed by atoms with Gasteiger partial charge in [0.15, 0.2) is 0 Å². The standard InChI is InChI=1S/C4H11N3/c1-7(2)4-6-3-5/h3H,4H2,1-2H3,(H2,5,6). The Labute approximate surface area is 43.8 Å². The van der Waals surface area contributed by atoms with Gasteiger partial charge in [0.25, 0.3) is 0 Å². The predicted octanol–water partition coefficient (Wildman–Crippen LogP) is -0.508. The number of rotatable bonds is 2. The fourth-order valence-electron chi connectivity index (χ4n) is 0.210. The first-order valence-electron chi connectivity index (χ1n) is 2.12. The van der Waals surface area contributed by atoms with Gasteiger partial charge in [-0.15, -0.1) is 0 Å². The summed E-state index contributed by atoms with van der Waals surface area (Å²) in [5.74, 6) is 0. The molecule has 42 valence electrons. The molecule has 0 aliphatic heterocycles. The molecule has 0 rings (SSSR count). The Kier molecular flexibility index (Phi) is 3.32. The lowest BCUT2D eigenvalue weighted by molar-refractivity contribution is 0.425. The molecule has 0 saturated carbocycles. The van der Waals surface area contributed by atoms with Gasteiger partial charge in [-0.05, 0) is 14.1 Å². The first-order chi connectivity index (χ1) is 3.27. The third-order valence-electron chi connectivity index (χ3n) is 0.470. The summed E-state index contributed by atoms with van der Waals surface area (Å²) in [6.07, 6.45) is 1.31. The van der Waals surface area contributed by atoms with E-state index in [9.17, 15) is 0 Å². The average molecular weight is 101 g/mol. The summed E-state index contributed by atoms with van der Waals surface area (Å²) in [6, 6.07) is 0. The van der Waals surface area contributed by atoms with Crippen LogP contribution in [0.15, 0.2) is 4.99 Å². The van der Waals surface area contributed by atoms with E-state index in [1.165, 1.54) is 6.34 Å². The molecule has 0 atom stereocenters. The second-order valence-corrected chi connectivity index (χ2v) is 1.55. The minimum Gasteiger partial charge on any atom is -0.390 e. The van der Waals surface area contributed by atoms with Crippen LogP contribution in [0.1, 0.15) is 0 Å². The molecule has 0 amide bonds. The van der Waals surface area contributed by atoms with Gasteiger partial charge in [-0.25, -0.2) is 0 Å². The summed E-state index contributed by atoms with van der Waals surface area (Å²) in [5.41, 5.74) is 4.96. The van der Waals surface area contributed by atoms with Gasteiger partial charge >= 0.3 is 0 Å². The summed E-state index contributed by atoms with van der Waals surface area (Å²) in [4.78, 5) is 5.68. The Balaban J connectivity index is 2.97. The lowest BCUT2D eigenvalue weighted by Crippen LogP contribution is -2.11. The highest BCUT2D eigenvalue weighted by molar-refractivity contribution is 5.50. The van der Waals surface area contributed by atoms with Crippen molar-refractivity contribution in [2.45, 2.75) is 0 Å². The van der Waals surface area contributed by atoms with Gasteiger partial charge in [0.05, 0.1) is 13.0 Å². The van der Waals surface area contributed by atoms with Crippen molar-refractivity contribution in [2.75, 3.05) is 20.8 Å². The fraction of sp³-hybridized carbons (Fsp3) is 0.750. The summed E-state index contributed by atoms with van der Waals surface area (Å²) < 4.78 is 0. The molecule has 2 N–H and O–H groups in total. The maximum absolute atomic E-state index is 4.96. The van der Waals surface area contributed by atoms with Crippen LogP contribution in [0.4, 0.5) is 0 Å². The van der Waals surface area contributed by atoms with Crippen molar-refractivity contribution in [2.24, 2.45) is 10.7 Å². The lowest BCUT2D eigenvalue weighted by Gasteiger charge is -2.01. The smallest absolute Gasteiger partial charge is 0.0921 e. The van der Waals surface area contributed by atoms with E-state index in [1.54, 1.807) is 0 Å². The Morgan fingerprint density at radius 3 is 2.43 bits per heavy atom. The van der Waals surface area contributed by atoms with E-state index in [1.807, 2.05) is 19.0 Å². The van der Waals surface area contributed by atoms with Crippen LogP contribution in [0.5, 0.6) is 0 Å². The highest BCUT2D eigenvalue weighted by Gasteiger charge is 1.77. The second kappa shape index (κ2) is 3.61. The monoisotopic (exact) mass is 101 g/mol. The Morgan fingerprint density at radius 2 is 2.29 bits per heavy atom. The van der Waals surface area contributed by atoms with Crippen molar-refractivity contribution >= 4 is 6.34 Å². The van der Waals surface area contributed by atoms with Crippen LogP contribution < -0.4 is 5.73 Å². The minimum absolute atomic E-state index is 0.677. The van der Waals surface area contributed by atoms with E-state index in [2.05, 4.69) is 4.99 Å². The molecule has 0 aromatic rings. The molecule has 3 nitrogen and oxygen atoms in total. The zero-order valence-electron chi connectivity index (χ0n) is 4.76. The van der Waals surface area contributed by atoms with Crippen LogP contribution in [0.2, 0.25) is 0 Å². The summed E-state index contributed by atoms with van der Waals surface area (Å²) >= 11 is 0. The largest absolute Gasteiger partial charge is 0.390 e. The van der Waals surface area contributed by atoms with E-state index in [-0.39, 0.29) is 0 Å². The van der Waals surface area contributed by atoms with Crippen molar-refractivity contribution < 1.29 is 0 Å². The van der Waals surface area contributed by atoms with Crippen LogP contribution in [-0.2, 0) is 0 Å². The Morgan fingerprint density at radius 1 is 1.71 bits per heavy atom. The van der Waals surface area contributed by atoms with Gasteiger partial charge in [-0.1, -0.05) is 0 Å². The van der Waals surface area contributed by atoms with Crippen molar-refractivity contribution in [1.29, 1.82) is 0 Å². The molecule has 0 saturated heterocycles. The molecule has 0 spiro atoms. The van der Waals surface area contributed by atoms with Gasteiger partial charge in [0, 0.05) is 0 Å². The zero-order chi connectivity index (χ0) is 5.70. The third-order valence-corrected chi connectivity index (χ3v) is 0.470. The maximum Gasteiger partial charge on any atom is 0.0921 e. The highest BCUT2D eigenvalue weighted by atomic mass is 15.1.